The normalized spacial score (nSPS) is 12.2. The summed E-state index contributed by atoms with van der Waals surface area (Å²) in [6, 6.07) is 9.65. The van der Waals surface area contributed by atoms with Gasteiger partial charge in [0.05, 0.1) is 11.9 Å². The predicted molar refractivity (Wildman–Crippen MR) is 123 cm³/mol. The van der Waals surface area contributed by atoms with Crippen LogP contribution in [0, 0.1) is 18.6 Å². The molecular weight excluding hydrogens is 452 g/mol. The van der Waals surface area contributed by atoms with E-state index in [0.717, 1.165) is 33.8 Å². The lowest BCUT2D eigenvalue weighted by atomic mass is 10.1. The maximum absolute atomic E-state index is 13.6. The number of nitrogens with zero attached hydrogens (tertiary/aromatic N) is 2. The van der Waals surface area contributed by atoms with Gasteiger partial charge in [-0.2, -0.15) is 0 Å². The summed E-state index contributed by atoms with van der Waals surface area (Å²) in [5.74, 6) is -2.90. The van der Waals surface area contributed by atoms with Gasteiger partial charge in [0.15, 0.2) is 11.6 Å². The van der Waals surface area contributed by atoms with Crippen molar-refractivity contribution in [2.75, 3.05) is 24.2 Å². The van der Waals surface area contributed by atoms with E-state index in [2.05, 4.69) is 5.32 Å². The first kappa shape index (κ1) is 26.2. The van der Waals surface area contributed by atoms with Gasteiger partial charge in [-0.25, -0.2) is 17.2 Å². The molecule has 0 bridgehead atoms. The Labute approximate surface area is 193 Å². The first-order valence-corrected chi connectivity index (χ1v) is 12.3. The number of aryl methyl sites for hydroxylation is 1. The van der Waals surface area contributed by atoms with E-state index in [1.165, 1.54) is 18.0 Å². The van der Waals surface area contributed by atoms with Crippen molar-refractivity contribution in [3.63, 3.8) is 0 Å². The van der Waals surface area contributed by atoms with Crippen molar-refractivity contribution < 1.29 is 26.8 Å². The van der Waals surface area contributed by atoms with E-state index in [4.69, 9.17) is 0 Å². The average molecular weight is 482 g/mol. The molecule has 0 aliphatic carbocycles. The van der Waals surface area contributed by atoms with E-state index in [9.17, 15) is 26.8 Å². The molecule has 180 valence electrons. The molecule has 2 amide bonds. The van der Waals surface area contributed by atoms with Crippen LogP contribution in [0.25, 0.3) is 0 Å². The monoisotopic (exact) mass is 481 g/mol. The highest BCUT2D eigenvalue weighted by Gasteiger charge is 2.26. The molecule has 1 atom stereocenters. The van der Waals surface area contributed by atoms with Crippen LogP contribution in [0.15, 0.2) is 42.5 Å². The Morgan fingerprint density at radius 1 is 1.09 bits per heavy atom. The lowest BCUT2D eigenvalue weighted by molar-refractivity contribution is -0.140. The zero-order valence-corrected chi connectivity index (χ0v) is 20.0. The van der Waals surface area contributed by atoms with Gasteiger partial charge in [-0.1, -0.05) is 29.8 Å². The largest absolute Gasteiger partial charge is 0.357 e. The van der Waals surface area contributed by atoms with E-state index < -0.39 is 27.7 Å². The van der Waals surface area contributed by atoms with Crippen molar-refractivity contribution >= 4 is 27.5 Å². The third kappa shape index (κ3) is 7.24. The highest BCUT2D eigenvalue weighted by atomic mass is 32.2. The van der Waals surface area contributed by atoms with E-state index in [1.54, 1.807) is 6.92 Å². The molecule has 7 nitrogen and oxygen atoms in total. The van der Waals surface area contributed by atoms with Crippen molar-refractivity contribution in [2.24, 2.45) is 0 Å². The third-order valence-corrected chi connectivity index (χ3v) is 6.39. The van der Waals surface area contributed by atoms with E-state index in [0.29, 0.717) is 0 Å². The van der Waals surface area contributed by atoms with Gasteiger partial charge in [-0.15, -0.1) is 0 Å². The van der Waals surface area contributed by atoms with Gasteiger partial charge in [0.1, 0.15) is 6.04 Å². The Balaban J connectivity index is 2.16. The summed E-state index contributed by atoms with van der Waals surface area (Å²) in [5.41, 5.74) is 1.85. The molecule has 0 heterocycles. The number of benzene rings is 2. The molecule has 0 aromatic heterocycles. The number of likely N-dealkylation sites (N-methyl/N-ethyl adjacent to an activating group) is 1. The van der Waals surface area contributed by atoms with E-state index >= 15 is 0 Å². The molecule has 0 fully saturated rings. The zero-order chi connectivity index (χ0) is 24.8. The second-order valence-electron chi connectivity index (χ2n) is 7.84. The van der Waals surface area contributed by atoms with Gasteiger partial charge in [-0.05, 0) is 38.0 Å². The van der Waals surface area contributed by atoms with Crippen molar-refractivity contribution in [1.82, 2.24) is 10.2 Å². The minimum absolute atomic E-state index is 0.0285. The molecule has 2 rings (SSSR count). The fraction of sp³-hybridized carbons (Fsp3) is 0.391. The molecule has 0 unspecified atom stereocenters. The first-order valence-electron chi connectivity index (χ1n) is 10.4. The Hall–Kier alpha value is -3.01. The van der Waals surface area contributed by atoms with Crippen molar-refractivity contribution in [3.8, 4) is 0 Å². The average Bonchev–Trinajstić information content (AvgIpc) is 2.75. The van der Waals surface area contributed by atoms with Crippen molar-refractivity contribution in [2.45, 2.75) is 39.3 Å². The summed E-state index contributed by atoms with van der Waals surface area (Å²) in [6.45, 7) is 3.66. The topological polar surface area (TPSA) is 86.8 Å². The number of nitrogens with one attached hydrogen (secondary N) is 1. The van der Waals surface area contributed by atoms with Crippen LogP contribution in [0.3, 0.4) is 0 Å². The number of carbonyl (C=O) groups excluding carboxylic acids is 2. The number of amides is 2. The summed E-state index contributed by atoms with van der Waals surface area (Å²) in [7, 11) is -2.31. The maximum Gasteiger partial charge on any atom is 0.242 e. The van der Waals surface area contributed by atoms with Crippen LogP contribution in [0.5, 0.6) is 0 Å². The maximum atomic E-state index is 13.6. The molecular formula is C23H29F2N3O4S. The summed E-state index contributed by atoms with van der Waals surface area (Å²) < 4.78 is 52.2. The molecule has 2 aromatic carbocycles. The fourth-order valence-corrected chi connectivity index (χ4v) is 4.40. The minimum atomic E-state index is -3.80. The number of hydrogen-bond donors (Lipinski definition) is 1. The Morgan fingerprint density at radius 3 is 2.36 bits per heavy atom. The lowest BCUT2D eigenvalue weighted by Gasteiger charge is -2.29. The molecule has 0 aliphatic heterocycles. The molecule has 0 saturated heterocycles. The van der Waals surface area contributed by atoms with Crippen molar-refractivity contribution in [1.29, 1.82) is 0 Å². The number of rotatable bonds is 10. The Kier molecular flexibility index (Phi) is 8.92. The van der Waals surface area contributed by atoms with Gasteiger partial charge in [-0.3, -0.25) is 13.9 Å². The van der Waals surface area contributed by atoms with Gasteiger partial charge in [0.2, 0.25) is 21.8 Å². The number of hydrogen-bond acceptors (Lipinski definition) is 4. The van der Waals surface area contributed by atoms with Crippen molar-refractivity contribution in [3.05, 3.63) is 65.2 Å². The molecule has 33 heavy (non-hydrogen) atoms. The lowest BCUT2D eigenvalue weighted by Crippen LogP contribution is -2.46. The van der Waals surface area contributed by atoms with Gasteiger partial charge in [0.25, 0.3) is 0 Å². The van der Waals surface area contributed by atoms with Crippen LogP contribution in [0.2, 0.25) is 0 Å². The first-order chi connectivity index (χ1) is 15.4. The van der Waals surface area contributed by atoms with Crippen LogP contribution in [0.1, 0.15) is 30.9 Å². The molecule has 1 N–H and O–H groups in total. The number of halogens is 2. The zero-order valence-electron chi connectivity index (χ0n) is 19.1. The van der Waals surface area contributed by atoms with Gasteiger partial charge in [0, 0.05) is 32.6 Å². The van der Waals surface area contributed by atoms with Crippen LogP contribution in [0.4, 0.5) is 14.5 Å². The van der Waals surface area contributed by atoms with Gasteiger partial charge < -0.3 is 10.2 Å². The van der Waals surface area contributed by atoms with E-state index in [1.807, 2.05) is 31.2 Å². The Bertz CT molecular complexity index is 1110. The quantitative estimate of drug-likeness (QED) is 0.565. The molecule has 0 saturated carbocycles. The smallest absolute Gasteiger partial charge is 0.242 e. The minimum Gasteiger partial charge on any atom is -0.357 e. The SMILES string of the molecule is CNC(=O)[C@@H](C)N(Cc1cccc(C)c1)C(=O)CCCN(c1ccc(F)c(F)c1)S(C)(=O)=O. The third-order valence-electron chi connectivity index (χ3n) is 5.19. The number of carbonyl (C=O) groups is 2. The van der Waals surface area contributed by atoms with E-state index in [-0.39, 0.29) is 43.4 Å². The number of sulfonamides is 1. The van der Waals surface area contributed by atoms with Crippen LogP contribution < -0.4 is 9.62 Å². The fourth-order valence-electron chi connectivity index (χ4n) is 3.44. The Morgan fingerprint density at radius 2 is 1.79 bits per heavy atom. The number of anilines is 1. The molecule has 0 aliphatic rings. The second kappa shape index (κ2) is 11.2. The summed E-state index contributed by atoms with van der Waals surface area (Å²) >= 11 is 0. The molecule has 0 radical (unpaired) electrons. The van der Waals surface area contributed by atoms with Crippen LogP contribution in [-0.4, -0.2) is 51.0 Å². The second-order valence-corrected chi connectivity index (χ2v) is 9.74. The summed E-state index contributed by atoms with van der Waals surface area (Å²) in [6.07, 6.45) is 1.03. The predicted octanol–water partition coefficient (Wildman–Crippen LogP) is 2.98. The standard InChI is InChI=1S/C23H29F2N3O4S/c1-16-7-5-8-18(13-16)15-27(17(2)23(30)26-3)22(29)9-6-12-28(33(4,31)32)19-10-11-20(24)21(25)14-19/h5,7-8,10-11,13-14,17H,6,9,12,15H2,1-4H3,(H,26,30)/t17-/m1/s1. The summed E-state index contributed by atoms with van der Waals surface area (Å²) in [5, 5.41) is 2.54. The van der Waals surface area contributed by atoms with Crippen LogP contribution >= 0.6 is 0 Å². The highest BCUT2D eigenvalue weighted by Crippen LogP contribution is 2.21. The van der Waals surface area contributed by atoms with Crippen LogP contribution in [-0.2, 0) is 26.2 Å². The summed E-state index contributed by atoms with van der Waals surface area (Å²) in [4.78, 5) is 26.7. The highest BCUT2D eigenvalue weighted by molar-refractivity contribution is 7.92. The molecule has 2 aromatic rings. The molecule has 10 heteroatoms. The van der Waals surface area contributed by atoms with Gasteiger partial charge >= 0.3 is 0 Å². The molecule has 0 spiro atoms.